The number of aryl methyl sites for hydroxylation is 2. The second-order valence-corrected chi connectivity index (χ2v) is 5.67. The van der Waals surface area contributed by atoms with Gasteiger partial charge in [-0.05, 0) is 25.1 Å². The van der Waals surface area contributed by atoms with Crippen LogP contribution in [0.4, 0.5) is 0 Å². The smallest absolute Gasteiger partial charge is 0.176 e. The van der Waals surface area contributed by atoms with E-state index in [1.165, 1.54) is 4.80 Å². The Morgan fingerprint density at radius 2 is 2.26 bits per heavy atom. The third-order valence-electron chi connectivity index (χ3n) is 2.78. The average Bonchev–Trinajstić information content (AvgIpc) is 2.95. The van der Waals surface area contributed by atoms with E-state index >= 15 is 0 Å². The summed E-state index contributed by atoms with van der Waals surface area (Å²) >= 11 is 1.69. The zero-order chi connectivity index (χ0) is 13.7. The van der Waals surface area contributed by atoms with E-state index in [0.717, 1.165) is 42.3 Å². The third-order valence-corrected chi connectivity index (χ3v) is 3.61. The maximum Gasteiger partial charge on any atom is 0.176 e. The van der Waals surface area contributed by atoms with Gasteiger partial charge in [0.2, 0.25) is 0 Å². The molecule has 104 valence electrons. The second kappa shape index (κ2) is 6.72. The number of hydrogen-bond donors (Lipinski definition) is 1. The van der Waals surface area contributed by atoms with Crippen molar-refractivity contribution in [2.24, 2.45) is 7.05 Å². The molecule has 0 aliphatic heterocycles. The van der Waals surface area contributed by atoms with Gasteiger partial charge in [-0.15, -0.1) is 21.5 Å². The van der Waals surface area contributed by atoms with Crippen LogP contribution in [0.5, 0.6) is 0 Å². The fraction of sp³-hybridized carbons (Fsp3) is 0.667. The molecule has 0 radical (unpaired) electrons. The first-order valence-electron chi connectivity index (χ1n) is 6.54. The summed E-state index contributed by atoms with van der Waals surface area (Å²) in [5.41, 5.74) is 1.14. The highest BCUT2D eigenvalue weighted by Crippen LogP contribution is 2.11. The molecule has 0 fully saturated rings. The monoisotopic (exact) mass is 280 g/mol. The van der Waals surface area contributed by atoms with Crippen molar-refractivity contribution < 1.29 is 0 Å². The minimum atomic E-state index is 0.311. The number of tetrazole rings is 1. The SMILES string of the molecule is CCCNC(Cc1csc(C)n1)Cc1nnn(C)n1. The molecule has 0 spiro atoms. The van der Waals surface area contributed by atoms with Gasteiger partial charge in [-0.25, -0.2) is 4.98 Å². The van der Waals surface area contributed by atoms with Gasteiger partial charge in [0, 0.05) is 24.3 Å². The maximum atomic E-state index is 4.52. The van der Waals surface area contributed by atoms with Gasteiger partial charge >= 0.3 is 0 Å². The lowest BCUT2D eigenvalue weighted by Crippen LogP contribution is -2.34. The van der Waals surface area contributed by atoms with Crippen LogP contribution >= 0.6 is 11.3 Å². The molecule has 1 unspecified atom stereocenters. The lowest BCUT2D eigenvalue weighted by atomic mass is 10.1. The van der Waals surface area contributed by atoms with Gasteiger partial charge in [0.25, 0.3) is 0 Å². The van der Waals surface area contributed by atoms with Crippen molar-refractivity contribution in [3.63, 3.8) is 0 Å². The highest BCUT2D eigenvalue weighted by Gasteiger charge is 2.14. The predicted octanol–water partition coefficient (Wildman–Crippen LogP) is 1.13. The number of nitrogens with zero attached hydrogens (tertiary/aromatic N) is 5. The molecule has 2 rings (SSSR count). The van der Waals surface area contributed by atoms with Crippen LogP contribution in [0.3, 0.4) is 0 Å². The molecular formula is C12H20N6S. The van der Waals surface area contributed by atoms with Gasteiger partial charge in [0.15, 0.2) is 5.82 Å². The Hall–Kier alpha value is -1.34. The van der Waals surface area contributed by atoms with Crippen molar-refractivity contribution in [3.05, 3.63) is 21.9 Å². The Labute approximate surface area is 117 Å². The standard InChI is InChI=1S/C12H20N6S/c1-4-5-13-10(6-11-8-19-9(2)14-11)7-12-15-17-18(3)16-12/h8,10,13H,4-7H2,1-3H3. The second-order valence-electron chi connectivity index (χ2n) is 4.61. The Balaban J connectivity index is 1.98. The third kappa shape index (κ3) is 4.36. The first-order valence-corrected chi connectivity index (χ1v) is 7.42. The fourth-order valence-electron chi connectivity index (χ4n) is 1.94. The van der Waals surface area contributed by atoms with Gasteiger partial charge in [-0.3, -0.25) is 0 Å². The summed E-state index contributed by atoms with van der Waals surface area (Å²) in [5, 5.41) is 18.9. The van der Waals surface area contributed by atoms with Crippen molar-refractivity contribution in [1.82, 2.24) is 30.5 Å². The molecule has 0 aromatic carbocycles. The van der Waals surface area contributed by atoms with E-state index in [0.29, 0.717) is 6.04 Å². The molecule has 19 heavy (non-hydrogen) atoms. The summed E-state index contributed by atoms with van der Waals surface area (Å²) < 4.78 is 0. The molecule has 2 aromatic rings. The van der Waals surface area contributed by atoms with E-state index in [4.69, 9.17) is 0 Å². The molecule has 1 N–H and O–H groups in total. The number of aromatic nitrogens is 5. The van der Waals surface area contributed by atoms with Crippen molar-refractivity contribution in [2.45, 2.75) is 39.2 Å². The quantitative estimate of drug-likeness (QED) is 0.823. The molecule has 0 saturated heterocycles. The Morgan fingerprint density at radius 1 is 1.42 bits per heavy atom. The lowest BCUT2D eigenvalue weighted by molar-refractivity contribution is 0.490. The Kier molecular flexibility index (Phi) is 4.98. The van der Waals surface area contributed by atoms with Gasteiger partial charge < -0.3 is 5.32 Å². The highest BCUT2D eigenvalue weighted by atomic mass is 32.1. The zero-order valence-corrected chi connectivity index (χ0v) is 12.4. The van der Waals surface area contributed by atoms with Crippen LogP contribution in [0.25, 0.3) is 0 Å². The molecule has 0 saturated carbocycles. The summed E-state index contributed by atoms with van der Waals surface area (Å²) in [4.78, 5) is 6.02. The van der Waals surface area contributed by atoms with Crippen LogP contribution in [0.1, 0.15) is 29.9 Å². The number of nitrogens with one attached hydrogen (secondary N) is 1. The molecule has 2 heterocycles. The van der Waals surface area contributed by atoms with Crippen LogP contribution in [0, 0.1) is 6.92 Å². The maximum absolute atomic E-state index is 4.52. The summed E-state index contributed by atoms with van der Waals surface area (Å²) in [7, 11) is 1.79. The Bertz CT molecular complexity index is 464. The van der Waals surface area contributed by atoms with Crippen molar-refractivity contribution >= 4 is 11.3 Å². The van der Waals surface area contributed by atoms with Gasteiger partial charge in [-0.1, -0.05) is 6.92 Å². The molecule has 0 bridgehead atoms. The number of thiazole rings is 1. The summed E-state index contributed by atoms with van der Waals surface area (Å²) in [6.45, 7) is 5.19. The van der Waals surface area contributed by atoms with E-state index < -0.39 is 0 Å². The normalized spacial score (nSPS) is 12.8. The number of hydrogen-bond acceptors (Lipinski definition) is 6. The van der Waals surface area contributed by atoms with E-state index in [-0.39, 0.29) is 0 Å². The van der Waals surface area contributed by atoms with Crippen molar-refractivity contribution in [2.75, 3.05) is 6.54 Å². The molecule has 2 aromatic heterocycles. The molecule has 0 aliphatic carbocycles. The first kappa shape index (κ1) is 14.1. The molecule has 6 nitrogen and oxygen atoms in total. The highest BCUT2D eigenvalue weighted by molar-refractivity contribution is 7.09. The summed E-state index contributed by atoms with van der Waals surface area (Å²) in [6.07, 6.45) is 2.80. The van der Waals surface area contributed by atoms with Gasteiger partial charge in [0.05, 0.1) is 17.7 Å². The van der Waals surface area contributed by atoms with E-state index in [9.17, 15) is 0 Å². The van der Waals surface area contributed by atoms with Crippen LogP contribution in [-0.4, -0.2) is 37.8 Å². The van der Waals surface area contributed by atoms with E-state index in [1.54, 1.807) is 18.4 Å². The van der Waals surface area contributed by atoms with Crippen LogP contribution in [0.2, 0.25) is 0 Å². The fourth-order valence-corrected chi connectivity index (χ4v) is 2.57. The average molecular weight is 280 g/mol. The van der Waals surface area contributed by atoms with Crippen LogP contribution in [-0.2, 0) is 19.9 Å². The minimum Gasteiger partial charge on any atom is -0.313 e. The zero-order valence-electron chi connectivity index (χ0n) is 11.6. The predicted molar refractivity (Wildman–Crippen MR) is 75.1 cm³/mol. The Morgan fingerprint density at radius 3 is 2.84 bits per heavy atom. The largest absolute Gasteiger partial charge is 0.313 e. The lowest BCUT2D eigenvalue weighted by Gasteiger charge is -2.15. The minimum absolute atomic E-state index is 0.311. The molecule has 0 aliphatic rings. The van der Waals surface area contributed by atoms with Gasteiger partial charge in [-0.2, -0.15) is 4.80 Å². The summed E-state index contributed by atoms with van der Waals surface area (Å²) in [5.74, 6) is 0.781. The van der Waals surface area contributed by atoms with E-state index in [2.05, 4.69) is 38.0 Å². The van der Waals surface area contributed by atoms with Crippen molar-refractivity contribution in [3.8, 4) is 0 Å². The molecular weight excluding hydrogens is 260 g/mol. The van der Waals surface area contributed by atoms with E-state index in [1.807, 2.05) is 6.92 Å². The molecule has 7 heteroatoms. The first-order chi connectivity index (χ1) is 9.17. The van der Waals surface area contributed by atoms with Crippen LogP contribution < -0.4 is 5.32 Å². The molecule has 1 atom stereocenters. The van der Waals surface area contributed by atoms with Crippen molar-refractivity contribution in [1.29, 1.82) is 0 Å². The number of rotatable bonds is 7. The topological polar surface area (TPSA) is 68.5 Å². The summed E-state index contributed by atoms with van der Waals surface area (Å²) in [6, 6.07) is 0.311. The van der Waals surface area contributed by atoms with Crippen LogP contribution in [0.15, 0.2) is 5.38 Å². The molecule has 0 amide bonds. The van der Waals surface area contributed by atoms with Gasteiger partial charge in [0.1, 0.15) is 0 Å².